The zero-order valence-corrected chi connectivity index (χ0v) is 21.0. The molecule has 2 aliphatic rings. The topological polar surface area (TPSA) is 124 Å². The number of fused-ring (bicyclic) bond motifs is 2. The van der Waals surface area contributed by atoms with Gasteiger partial charge in [0.15, 0.2) is 5.69 Å². The van der Waals surface area contributed by atoms with Gasteiger partial charge < -0.3 is 10.2 Å². The Morgan fingerprint density at radius 1 is 1.05 bits per heavy atom. The number of alkyl halides is 3. The number of rotatable bonds is 5. The fraction of sp³-hybridized carbons (Fsp3) is 0.320. The summed E-state index contributed by atoms with van der Waals surface area (Å²) in [5.74, 6) is -1.09. The molecule has 9 nitrogen and oxygen atoms in total. The first-order chi connectivity index (χ1) is 17.9. The van der Waals surface area contributed by atoms with E-state index in [2.05, 4.69) is 20.2 Å². The van der Waals surface area contributed by atoms with Crippen LogP contribution in [0.2, 0.25) is 0 Å². The molecule has 0 fully saturated rings. The summed E-state index contributed by atoms with van der Waals surface area (Å²) >= 11 is 0. The number of nitrogens with one attached hydrogen (secondary N) is 3. The van der Waals surface area contributed by atoms with Crippen LogP contribution in [0.1, 0.15) is 38.4 Å². The maximum Gasteiger partial charge on any atom is 0.435 e. The van der Waals surface area contributed by atoms with Crippen molar-refractivity contribution in [3.05, 3.63) is 76.1 Å². The number of benzene rings is 2. The Labute approximate surface area is 216 Å². The van der Waals surface area contributed by atoms with Crippen molar-refractivity contribution in [2.24, 2.45) is 5.92 Å². The second-order valence-corrected chi connectivity index (χ2v) is 11.3. The number of amides is 2. The van der Waals surface area contributed by atoms with Crippen LogP contribution in [0, 0.1) is 5.92 Å². The molecule has 38 heavy (non-hydrogen) atoms. The molecule has 1 unspecified atom stereocenters. The summed E-state index contributed by atoms with van der Waals surface area (Å²) in [6.45, 7) is 0.722. The number of aromatic amines is 1. The summed E-state index contributed by atoms with van der Waals surface area (Å²) in [4.78, 5) is 27.5. The molecular weight excluding hydrogens is 523 g/mol. The molecule has 0 bridgehead atoms. The van der Waals surface area contributed by atoms with E-state index in [1.807, 2.05) is 0 Å². The molecule has 2 amide bonds. The molecule has 13 heteroatoms. The van der Waals surface area contributed by atoms with Crippen LogP contribution in [0.15, 0.2) is 42.5 Å². The third kappa shape index (κ3) is 5.37. The van der Waals surface area contributed by atoms with Crippen LogP contribution in [0.25, 0.3) is 0 Å². The van der Waals surface area contributed by atoms with Gasteiger partial charge in [-0.3, -0.25) is 19.4 Å². The third-order valence-corrected chi connectivity index (χ3v) is 7.32. The monoisotopic (exact) mass is 547 g/mol. The summed E-state index contributed by atoms with van der Waals surface area (Å²) in [5.41, 5.74) is 2.61. The van der Waals surface area contributed by atoms with Crippen molar-refractivity contribution in [1.82, 2.24) is 15.1 Å². The van der Waals surface area contributed by atoms with Crippen LogP contribution >= 0.6 is 0 Å². The van der Waals surface area contributed by atoms with Gasteiger partial charge in [0, 0.05) is 53.6 Å². The lowest BCUT2D eigenvalue weighted by molar-refractivity contribution is -0.142. The number of aromatic nitrogens is 2. The summed E-state index contributed by atoms with van der Waals surface area (Å²) in [6.07, 6.45) is -2.79. The Hall–Kier alpha value is -3.87. The predicted octanol–water partition coefficient (Wildman–Crippen LogP) is 3.35. The highest BCUT2D eigenvalue weighted by molar-refractivity contribution is 7.92. The van der Waals surface area contributed by atoms with Gasteiger partial charge in [-0.25, -0.2) is 8.42 Å². The molecule has 2 heterocycles. The van der Waals surface area contributed by atoms with E-state index in [4.69, 9.17) is 0 Å². The minimum atomic E-state index is -4.56. The second-order valence-electron chi connectivity index (χ2n) is 9.53. The number of halogens is 3. The van der Waals surface area contributed by atoms with Crippen LogP contribution in [-0.2, 0) is 46.8 Å². The smallest absolute Gasteiger partial charge is 0.338 e. The van der Waals surface area contributed by atoms with E-state index < -0.39 is 27.8 Å². The number of H-pyrrole nitrogens is 1. The molecule has 1 atom stereocenters. The first-order valence-corrected chi connectivity index (χ1v) is 13.7. The molecular formula is C25H24F3N5O4S. The quantitative estimate of drug-likeness (QED) is 0.452. The normalized spacial score (nSPS) is 17.1. The molecule has 5 rings (SSSR count). The molecule has 2 aromatic carbocycles. The van der Waals surface area contributed by atoms with Crippen molar-refractivity contribution >= 4 is 33.2 Å². The van der Waals surface area contributed by atoms with Gasteiger partial charge in [-0.05, 0) is 60.4 Å². The first-order valence-electron chi connectivity index (χ1n) is 11.8. The van der Waals surface area contributed by atoms with Crippen molar-refractivity contribution in [1.29, 1.82) is 0 Å². The zero-order chi connectivity index (χ0) is 27.2. The van der Waals surface area contributed by atoms with E-state index >= 15 is 0 Å². The van der Waals surface area contributed by atoms with Gasteiger partial charge in [-0.15, -0.1) is 0 Å². The highest BCUT2D eigenvalue weighted by atomic mass is 32.2. The minimum Gasteiger partial charge on any atom is -0.338 e. The van der Waals surface area contributed by atoms with E-state index in [1.54, 1.807) is 35.2 Å². The highest BCUT2D eigenvalue weighted by Gasteiger charge is 2.43. The van der Waals surface area contributed by atoms with Gasteiger partial charge in [0.2, 0.25) is 15.9 Å². The SMILES string of the molecule is CS(=O)(=O)Nc1ccc(NC(=O)c2ccc3c(c2)CCN(C(=O)C2Cc4[nH]nc(C(F)(F)F)c4C2)C3)cc1. The lowest BCUT2D eigenvalue weighted by Crippen LogP contribution is -2.40. The van der Waals surface area contributed by atoms with Crippen LogP contribution < -0.4 is 10.0 Å². The van der Waals surface area contributed by atoms with Crippen molar-refractivity contribution in [2.45, 2.75) is 32.0 Å². The van der Waals surface area contributed by atoms with Gasteiger partial charge in [-0.1, -0.05) is 6.07 Å². The molecule has 1 aliphatic heterocycles. The van der Waals surface area contributed by atoms with Crippen LogP contribution in [0.3, 0.4) is 0 Å². The Morgan fingerprint density at radius 3 is 2.45 bits per heavy atom. The van der Waals surface area contributed by atoms with Crippen molar-refractivity contribution in [2.75, 3.05) is 22.8 Å². The number of anilines is 2. The van der Waals surface area contributed by atoms with Crippen molar-refractivity contribution < 1.29 is 31.2 Å². The first kappa shape index (κ1) is 25.8. The van der Waals surface area contributed by atoms with E-state index in [0.29, 0.717) is 42.1 Å². The van der Waals surface area contributed by atoms with Crippen LogP contribution in [0.4, 0.5) is 24.5 Å². The lowest BCUT2D eigenvalue weighted by atomic mass is 9.95. The Bertz CT molecular complexity index is 1520. The van der Waals surface area contributed by atoms with Gasteiger partial charge in [0.25, 0.3) is 5.91 Å². The molecule has 1 aromatic heterocycles. The minimum absolute atomic E-state index is 0.00722. The number of carbonyl (C=O) groups is 2. The Kier molecular flexibility index (Phi) is 6.41. The average Bonchev–Trinajstić information content (AvgIpc) is 3.44. The molecule has 200 valence electrons. The summed E-state index contributed by atoms with van der Waals surface area (Å²) < 4.78 is 64.5. The van der Waals surface area contributed by atoms with E-state index in [1.165, 1.54) is 12.1 Å². The van der Waals surface area contributed by atoms with E-state index in [9.17, 15) is 31.2 Å². The number of nitrogens with zero attached hydrogens (tertiary/aromatic N) is 2. The highest BCUT2D eigenvalue weighted by Crippen LogP contribution is 2.38. The Balaban J connectivity index is 1.21. The predicted molar refractivity (Wildman–Crippen MR) is 133 cm³/mol. The average molecular weight is 548 g/mol. The summed E-state index contributed by atoms with van der Waals surface area (Å²) in [5, 5.41) is 8.59. The Morgan fingerprint density at radius 2 is 1.76 bits per heavy atom. The zero-order valence-electron chi connectivity index (χ0n) is 20.2. The maximum atomic E-state index is 13.2. The van der Waals surface area contributed by atoms with Gasteiger partial charge >= 0.3 is 6.18 Å². The standard InChI is InChI=1S/C25H24F3N5O4S/c1-38(36,37)32-19-6-4-18(5-7-19)29-23(34)15-2-3-16-13-33(9-8-14(16)10-15)24(35)17-11-20-21(12-17)30-31-22(20)25(26,27)28/h2-7,10,17,32H,8-9,11-13H2,1H3,(H,29,34)(H,30,31). The van der Waals surface area contributed by atoms with E-state index in [-0.39, 0.29) is 30.2 Å². The van der Waals surface area contributed by atoms with Crippen molar-refractivity contribution in [3.8, 4) is 0 Å². The molecule has 1 aliphatic carbocycles. The van der Waals surface area contributed by atoms with Crippen LogP contribution in [-0.4, -0.2) is 48.1 Å². The number of hydrogen-bond donors (Lipinski definition) is 3. The number of carbonyl (C=O) groups excluding carboxylic acids is 2. The molecule has 0 saturated heterocycles. The molecule has 0 radical (unpaired) electrons. The van der Waals surface area contributed by atoms with E-state index in [0.717, 1.165) is 17.4 Å². The molecule has 3 N–H and O–H groups in total. The second kappa shape index (κ2) is 9.46. The molecule has 0 spiro atoms. The van der Waals surface area contributed by atoms with Gasteiger partial charge in [0.05, 0.1) is 6.26 Å². The number of sulfonamides is 1. The van der Waals surface area contributed by atoms with Crippen LogP contribution in [0.5, 0.6) is 0 Å². The summed E-state index contributed by atoms with van der Waals surface area (Å²) in [7, 11) is -3.40. The molecule has 3 aromatic rings. The summed E-state index contributed by atoms with van der Waals surface area (Å²) in [6, 6.07) is 11.5. The maximum absolute atomic E-state index is 13.2. The largest absolute Gasteiger partial charge is 0.435 e. The molecule has 0 saturated carbocycles. The van der Waals surface area contributed by atoms with Gasteiger partial charge in [0.1, 0.15) is 0 Å². The fourth-order valence-corrected chi connectivity index (χ4v) is 5.51. The number of hydrogen-bond acceptors (Lipinski definition) is 5. The van der Waals surface area contributed by atoms with Gasteiger partial charge in [-0.2, -0.15) is 18.3 Å². The lowest BCUT2D eigenvalue weighted by Gasteiger charge is -2.31. The fourth-order valence-electron chi connectivity index (χ4n) is 4.94. The van der Waals surface area contributed by atoms with Crippen molar-refractivity contribution in [3.63, 3.8) is 0 Å². The third-order valence-electron chi connectivity index (χ3n) is 6.71.